The Bertz CT molecular complexity index is 881. The lowest BCUT2D eigenvalue weighted by Crippen LogP contribution is -2.35. The first-order chi connectivity index (χ1) is 13.4. The van der Waals surface area contributed by atoms with Crippen molar-refractivity contribution in [1.82, 2.24) is 15.1 Å². The maximum absolute atomic E-state index is 11.6. The van der Waals surface area contributed by atoms with Gasteiger partial charge in [0, 0.05) is 50.6 Å². The number of hydrogen-bond acceptors (Lipinski definition) is 5. The summed E-state index contributed by atoms with van der Waals surface area (Å²) in [5.74, 6) is -0.0264. The van der Waals surface area contributed by atoms with Gasteiger partial charge in [-0.3, -0.25) is 14.3 Å². The largest absolute Gasteiger partial charge is 0.371 e. The van der Waals surface area contributed by atoms with Crippen LogP contribution in [0.15, 0.2) is 18.2 Å². The van der Waals surface area contributed by atoms with Gasteiger partial charge in [0.05, 0.1) is 17.1 Å². The molecule has 2 aromatic rings. The summed E-state index contributed by atoms with van der Waals surface area (Å²) in [6.45, 7) is 3.41. The maximum atomic E-state index is 11.6. The molecule has 0 bridgehead atoms. The molecule has 0 saturated carbocycles. The molecule has 2 heterocycles. The summed E-state index contributed by atoms with van der Waals surface area (Å²) in [6, 6.07) is 6.17. The molecule has 7 nitrogen and oxygen atoms in total. The minimum Gasteiger partial charge on any atom is -0.371 e. The Hall–Kier alpha value is -2.70. The highest BCUT2D eigenvalue weighted by atomic mass is 16.1. The van der Waals surface area contributed by atoms with E-state index in [-0.39, 0.29) is 17.6 Å². The summed E-state index contributed by atoms with van der Waals surface area (Å²) in [5.41, 5.74) is 2.79. The number of aryl methyl sites for hydroxylation is 1. The molecule has 0 radical (unpaired) electrons. The number of piperidine rings is 1. The SMILES string of the molecule is CNC(=O)CCC(C=O)c1nn(C)c2cc(N3CCC(C(C)=O)CC3)ccc12. The number of aromatic nitrogens is 2. The van der Waals surface area contributed by atoms with Crippen LogP contribution >= 0.6 is 0 Å². The minimum atomic E-state index is -0.404. The van der Waals surface area contributed by atoms with Crippen molar-refractivity contribution in [3.05, 3.63) is 23.9 Å². The zero-order chi connectivity index (χ0) is 20.3. The standard InChI is InChI=1S/C21H28N4O3/c1-14(27)15-8-10-25(11-9-15)17-5-6-18-19(12-17)24(3)23-21(18)16(13-26)4-7-20(28)22-2/h5-6,12-13,15-16H,4,7-11H2,1-3H3,(H,22,28). The summed E-state index contributed by atoms with van der Waals surface area (Å²) in [7, 11) is 3.47. The second-order valence-electron chi connectivity index (χ2n) is 7.54. The predicted molar refractivity (Wildman–Crippen MR) is 108 cm³/mol. The highest BCUT2D eigenvalue weighted by Gasteiger charge is 2.24. The zero-order valence-corrected chi connectivity index (χ0v) is 16.8. The molecule has 1 aromatic carbocycles. The molecular weight excluding hydrogens is 356 g/mol. The highest BCUT2D eigenvalue weighted by molar-refractivity contribution is 5.88. The lowest BCUT2D eigenvalue weighted by molar-refractivity contribution is -0.122. The number of anilines is 1. The van der Waals surface area contributed by atoms with Crippen LogP contribution in [0.5, 0.6) is 0 Å². The summed E-state index contributed by atoms with van der Waals surface area (Å²) in [5, 5.41) is 8.11. The Balaban J connectivity index is 1.82. The molecule has 1 aromatic heterocycles. The van der Waals surface area contributed by atoms with Gasteiger partial charge in [0.1, 0.15) is 12.1 Å². The van der Waals surface area contributed by atoms with Gasteiger partial charge in [0.25, 0.3) is 0 Å². The van der Waals surface area contributed by atoms with Gasteiger partial charge in [-0.05, 0) is 44.4 Å². The Kier molecular flexibility index (Phi) is 6.11. The first-order valence-electron chi connectivity index (χ1n) is 9.82. The van der Waals surface area contributed by atoms with Crippen molar-refractivity contribution in [2.45, 2.75) is 38.5 Å². The second kappa shape index (κ2) is 8.54. The van der Waals surface area contributed by atoms with Crippen LogP contribution in [0.4, 0.5) is 5.69 Å². The normalized spacial score (nSPS) is 16.2. The minimum absolute atomic E-state index is 0.0802. The molecule has 0 spiro atoms. The lowest BCUT2D eigenvalue weighted by atomic mass is 9.93. The molecule has 28 heavy (non-hydrogen) atoms. The van der Waals surface area contributed by atoms with Gasteiger partial charge in [0.15, 0.2) is 0 Å². The van der Waals surface area contributed by atoms with Gasteiger partial charge in [-0.1, -0.05) is 0 Å². The fourth-order valence-corrected chi connectivity index (χ4v) is 3.97. The Morgan fingerprint density at radius 3 is 2.64 bits per heavy atom. The monoisotopic (exact) mass is 384 g/mol. The van der Waals surface area contributed by atoms with Crippen molar-refractivity contribution in [1.29, 1.82) is 0 Å². The van der Waals surface area contributed by atoms with Crippen molar-refractivity contribution < 1.29 is 14.4 Å². The number of benzene rings is 1. The molecular formula is C21H28N4O3. The average molecular weight is 384 g/mol. The van der Waals surface area contributed by atoms with E-state index in [1.165, 1.54) is 0 Å². The van der Waals surface area contributed by atoms with E-state index in [1.54, 1.807) is 18.7 Å². The molecule has 1 saturated heterocycles. The van der Waals surface area contributed by atoms with Gasteiger partial charge in [-0.25, -0.2) is 0 Å². The first-order valence-corrected chi connectivity index (χ1v) is 9.82. The van der Waals surface area contributed by atoms with Gasteiger partial charge in [0.2, 0.25) is 5.91 Å². The van der Waals surface area contributed by atoms with E-state index in [0.29, 0.717) is 12.8 Å². The Labute approximate surface area is 165 Å². The number of nitrogens with one attached hydrogen (secondary N) is 1. The summed E-state index contributed by atoms with van der Waals surface area (Å²) in [4.78, 5) is 37.1. The molecule has 1 aliphatic heterocycles. The van der Waals surface area contributed by atoms with Gasteiger partial charge in [-0.2, -0.15) is 5.10 Å². The molecule has 1 aliphatic rings. The van der Waals surface area contributed by atoms with Gasteiger partial charge >= 0.3 is 0 Å². The quantitative estimate of drug-likeness (QED) is 0.740. The molecule has 3 rings (SSSR count). The van der Waals surface area contributed by atoms with Crippen LogP contribution in [0.2, 0.25) is 0 Å². The first kappa shape index (κ1) is 20.0. The third-order valence-corrected chi connectivity index (χ3v) is 5.78. The van der Waals surface area contributed by atoms with Crippen molar-refractivity contribution >= 4 is 34.6 Å². The summed E-state index contributed by atoms with van der Waals surface area (Å²) >= 11 is 0. The molecule has 150 valence electrons. The third-order valence-electron chi connectivity index (χ3n) is 5.78. The topological polar surface area (TPSA) is 84.3 Å². The van der Waals surface area contributed by atoms with E-state index in [2.05, 4.69) is 27.4 Å². The third kappa shape index (κ3) is 4.08. The smallest absolute Gasteiger partial charge is 0.219 e. The zero-order valence-electron chi connectivity index (χ0n) is 16.8. The summed E-state index contributed by atoms with van der Waals surface area (Å²) < 4.78 is 1.80. The molecule has 1 N–H and O–H groups in total. The summed E-state index contributed by atoms with van der Waals surface area (Å²) in [6.07, 6.45) is 3.38. The number of aldehydes is 1. The number of carbonyl (C=O) groups is 3. The molecule has 0 aliphatic carbocycles. The average Bonchev–Trinajstić information content (AvgIpc) is 3.04. The predicted octanol–water partition coefficient (Wildman–Crippen LogP) is 2.19. The van der Waals surface area contributed by atoms with E-state index in [4.69, 9.17) is 0 Å². The number of ketones is 1. The fourth-order valence-electron chi connectivity index (χ4n) is 3.97. The molecule has 7 heteroatoms. The van der Waals surface area contributed by atoms with Crippen LogP contribution in [0.1, 0.15) is 44.2 Å². The van der Waals surface area contributed by atoms with E-state index < -0.39 is 5.92 Å². The van der Waals surface area contributed by atoms with Crippen molar-refractivity contribution in [3.63, 3.8) is 0 Å². The van der Waals surface area contributed by atoms with Crippen molar-refractivity contribution in [3.8, 4) is 0 Å². The fraction of sp³-hybridized carbons (Fsp3) is 0.524. The number of carbonyl (C=O) groups excluding carboxylic acids is 3. The molecule has 1 fully saturated rings. The van der Waals surface area contributed by atoms with Gasteiger partial charge in [-0.15, -0.1) is 0 Å². The van der Waals surface area contributed by atoms with Crippen LogP contribution < -0.4 is 10.2 Å². The number of Topliss-reactive ketones (excluding diaryl/α,β-unsaturated/α-hetero) is 1. The van der Waals surface area contributed by atoms with E-state index in [1.807, 2.05) is 13.1 Å². The number of rotatable bonds is 7. The van der Waals surface area contributed by atoms with Crippen LogP contribution in [0.25, 0.3) is 10.9 Å². The van der Waals surface area contributed by atoms with Crippen LogP contribution in [-0.4, -0.2) is 47.9 Å². The number of hydrogen-bond donors (Lipinski definition) is 1. The molecule has 1 amide bonds. The maximum Gasteiger partial charge on any atom is 0.219 e. The Morgan fingerprint density at radius 2 is 2.04 bits per heavy atom. The van der Waals surface area contributed by atoms with Crippen molar-refractivity contribution in [2.75, 3.05) is 25.0 Å². The van der Waals surface area contributed by atoms with Gasteiger partial charge < -0.3 is 15.0 Å². The van der Waals surface area contributed by atoms with Crippen LogP contribution in [0, 0.1) is 5.92 Å². The molecule has 1 unspecified atom stereocenters. The highest BCUT2D eigenvalue weighted by Crippen LogP contribution is 2.31. The van der Waals surface area contributed by atoms with E-state index in [9.17, 15) is 14.4 Å². The van der Waals surface area contributed by atoms with E-state index in [0.717, 1.165) is 54.5 Å². The lowest BCUT2D eigenvalue weighted by Gasteiger charge is -2.32. The van der Waals surface area contributed by atoms with Crippen LogP contribution in [0.3, 0.4) is 0 Å². The van der Waals surface area contributed by atoms with Crippen molar-refractivity contribution in [2.24, 2.45) is 13.0 Å². The second-order valence-corrected chi connectivity index (χ2v) is 7.54. The Morgan fingerprint density at radius 1 is 1.32 bits per heavy atom. The number of fused-ring (bicyclic) bond motifs is 1. The number of amides is 1. The number of nitrogens with zero attached hydrogens (tertiary/aromatic N) is 3. The van der Waals surface area contributed by atoms with E-state index >= 15 is 0 Å². The molecule has 1 atom stereocenters. The van der Waals surface area contributed by atoms with Crippen LogP contribution in [-0.2, 0) is 21.4 Å².